The van der Waals surface area contributed by atoms with Gasteiger partial charge in [-0.3, -0.25) is 9.59 Å². The van der Waals surface area contributed by atoms with Gasteiger partial charge in [0, 0.05) is 25.2 Å². The number of benzene rings is 1. The molecule has 1 aliphatic rings. The molecule has 2 heterocycles. The minimum atomic E-state index is -0.186. The van der Waals surface area contributed by atoms with Gasteiger partial charge < -0.3 is 14.4 Å². The molecule has 1 aromatic heterocycles. The molecule has 18 heavy (non-hydrogen) atoms. The van der Waals surface area contributed by atoms with Crippen molar-refractivity contribution in [1.29, 1.82) is 0 Å². The molecule has 0 radical (unpaired) electrons. The standard InChI is InChI=1S/C13H11NO4/c1-18-10-6-7-8(15)2-4-14-5-3-9(16)11(12(7)14)13(10)17/h2,4,6,17H,3,5H2,1H3. The van der Waals surface area contributed by atoms with E-state index in [1.807, 2.05) is 4.57 Å². The topological polar surface area (TPSA) is 68.5 Å². The van der Waals surface area contributed by atoms with Crippen molar-refractivity contribution in [2.75, 3.05) is 7.11 Å². The van der Waals surface area contributed by atoms with Crippen LogP contribution in [0, 0.1) is 0 Å². The number of phenols is 1. The molecule has 1 aromatic carbocycles. The summed E-state index contributed by atoms with van der Waals surface area (Å²) in [5.41, 5.74) is 0.501. The number of nitrogens with zero attached hydrogens (tertiary/aromatic N) is 1. The molecule has 0 unspecified atom stereocenters. The number of hydrogen-bond donors (Lipinski definition) is 1. The summed E-state index contributed by atoms with van der Waals surface area (Å²) in [4.78, 5) is 23.8. The van der Waals surface area contributed by atoms with Crippen LogP contribution >= 0.6 is 0 Å². The summed E-state index contributed by atoms with van der Waals surface area (Å²) >= 11 is 0. The summed E-state index contributed by atoms with van der Waals surface area (Å²) in [6.07, 6.45) is 1.96. The van der Waals surface area contributed by atoms with Crippen LogP contribution in [-0.2, 0) is 6.54 Å². The maximum Gasteiger partial charge on any atom is 0.189 e. The normalized spacial score (nSPS) is 13.9. The number of ether oxygens (including phenoxy) is 1. The third-order valence-corrected chi connectivity index (χ3v) is 3.27. The molecule has 0 aliphatic carbocycles. The van der Waals surface area contributed by atoms with Gasteiger partial charge >= 0.3 is 0 Å². The molecule has 1 aliphatic heterocycles. The van der Waals surface area contributed by atoms with Crippen LogP contribution in [0.25, 0.3) is 10.9 Å². The summed E-state index contributed by atoms with van der Waals surface area (Å²) in [6, 6.07) is 2.93. The fourth-order valence-corrected chi connectivity index (χ4v) is 2.40. The van der Waals surface area contributed by atoms with Gasteiger partial charge in [-0.25, -0.2) is 0 Å². The highest BCUT2D eigenvalue weighted by Crippen LogP contribution is 2.37. The number of ketones is 1. The first-order valence-electron chi connectivity index (χ1n) is 5.60. The van der Waals surface area contributed by atoms with Crippen LogP contribution in [-0.4, -0.2) is 22.6 Å². The highest BCUT2D eigenvalue weighted by atomic mass is 16.5. The van der Waals surface area contributed by atoms with Crippen LogP contribution < -0.4 is 10.2 Å². The van der Waals surface area contributed by atoms with Gasteiger partial charge in [0.25, 0.3) is 0 Å². The molecule has 3 rings (SSSR count). The number of aryl methyl sites for hydroxylation is 1. The third kappa shape index (κ3) is 1.27. The van der Waals surface area contributed by atoms with Gasteiger partial charge in [0.1, 0.15) is 0 Å². The van der Waals surface area contributed by atoms with Crippen molar-refractivity contribution >= 4 is 16.7 Å². The number of carbonyl (C=O) groups is 1. The maximum absolute atomic E-state index is 11.9. The van der Waals surface area contributed by atoms with E-state index in [0.717, 1.165) is 0 Å². The molecule has 0 fully saturated rings. The van der Waals surface area contributed by atoms with Crippen LogP contribution in [0.2, 0.25) is 0 Å². The molecule has 0 saturated heterocycles. The van der Waals surface area contributed by atoms with Crippen LogP contribution in [0.1, 0.15) is 16.8 Å². The number of methoxy groups -OCH3 is 1. The number of aromatic hydroxyl groups is 1. The largest absolute Gasteiger partial charge is 0.504 e. The molecule has 0 saturated carbocycles. The molecule has 0 bridgehead atoms. The van der Waals surface area contributed by atoms with Crippen molar-refractivity contribution in [3.05, 3.63) is 34.1 Å². The summed E-state index contributed by atoms with van der Waals surface area (Å²) in [6.45, 7) is 0.522. The van der Waals surface area contributed by atoms with E-state index in [1.54, 1.807) is 6.20 Å². The Kier molecular flexibility index (Phi) is 2.16. The minimum absolute atomic E-state index is 0.155. The van der Waals surface area contributed by atoms with E-state index in [-0.39, 0.29) is 28.3 Å². The summed E-state index contributed by atoms with van der Waals surface area (Å²) in [5, 5.41) is 10.4. The van der Waals surface area contributed by atoms with Gasteiger partial charge in [-0.05, 0) is 6.07 Å². The van der Waals surface area contributed by atoms with Crippen LogP contribution in [0.4, 0.5) is 0 Å². The first kappa shape index (κ1) is 10.8. The van der Waals surface area contributed by atoms with Crippen molar-refractivity contribution in [2.45, 2.75) is 13.0 Å². The highest BCUT2D eigenvalue weighted by molar-refractivity contribution is 6.11. The Morgan fingerprint density at radius 3 is 2.89 bits per heavy atom. The van der Waals surface area contributed by atoms with Gasteiger partial charge in [0.05, 0.1) is 23.6 Å². The molecule has 0 spiro atoms. The molecule has 2 aromatic rings. The zero-order valence-corrected chi connectivity index (χ0v) is 9.77. The number of Topliss-reactive ketones (excluding diaryl/α,β-unsaturated/α-hetero) is 1. The number of rotatable bonds is 1. The molecule has 0 atom stereocenters. The second kappa shape index (κ2) is 3.60. The Hall–Kier alpha value is -2.30. The van der Waals surface area contributed by atoms with Gasteiger partial charge in [-0.15, -0.1) is 0 Å². The lowest BCUT2D eigenvalue weighted by molar-refractivity contribution is 0.0970. The SMILES string of the molecule is COc1cc2c(=O)ccn3c2c(c1O)C(=O)CC3. The van der Waals surface area contributed by atoms with E-state index < -0.39 is 0 Å². The van der Waals surface area contributed by atoms with Gasteiger partial charge in [-0.2, -0.15) is 0 Å². The number of hydrogen-bond acceptors (Lipinski definition) is 4. The van der Waals surface area contributed by atoms with E-state index in [0.29, 0.717) is 23.9 Å². The average molecular weight is 245 g/mol. The second-order valence-corrected chi connectivity index (χ2v) is 4.25. The van der Waals surface area contributed by atoms with Gasteiger partial charge in [0.15, 0.2) is 22.7 Å². The smallest absolute Gasteiger partial charge is 0.189 e. The second-order valence-electron chi connectivity index (χ2n) is 4.25. The van der Waals surface area contributed by atoms with Gasteiger partial charge in [0.2, 0.25) is 0 Å². The zero-order chi connectivity index (χ0) is 12.9. The lowest BCUT2D eigenvalue weighted by atomic mass is 9.98. The molecule has 1 N–H and O–H groups in total. The minimum Gasteiger partial charge on any atom is -0.504 e. The number of aromatic nitrogens is 1. The Balaban J connectivity index is 2.58. The van der Waals surface area contributed by atoms with Crippen LogP contribution in [0.5, 0.6) is 11.5 Å². The number of pyridine rings is 1. The van der Waals surface area contributed by atoms with E-state index in [2.05, 4.69) is 0 Å². The van der Waals surface area contributed by atoms with Gasteiger partial charge in [-0.1, -0.05) is 0 Å². The number of phenolic OH excluding ortho intramolecular Hbond substituents is 1. The summed E-state index contributed by atoms with van der Waals surface area (Å²) < 4.78 is 6.82. The first-order chi connectivity index (χ1) is 8.63. The van der Waals surface area contributed by atoms with Crippen molar-refractivity contribution in [2.24, 2.45) is 0 Å². The average Bonchev–Trinajstić information content (AvgIpc) is 2.37. The van der Waals surface area contributed by atoms with Crippen LogP contribution in [0.15, 0.2) is 23.1 Å². The molecule has 5 heteroatoms. The predicted octanol–water partition coefficient (Wildman–Crippen LogP) is 1.30. The molecule has 92 valence electrons. The predicted molar refractivity (Wildman–Crippen MR) is 65.4 cm³/mol. The Labute approximate surface area is 102 Å². The number of carbonyl (C=O) groups excluding carboxylic acids is 1. The van der Waals surface area contributed by atoms with Crippen molar-refractivity contribution in [3.63, 3.8) is 0 Å². The molecule has 0 amide bonds. The molecule has 5 nitrogen and oxygen atoms in total. The van der Waals surface area contributed by atoms with E-state index in [4.69, 9.17) is 4.74 Å². The monoisotopic (exact) mass is 245 g/mol. The summed E-state index contributed by atoms with van der Waals surface area (Å²) in [7, 11) is 1.39. The van der Waals surface area contributed by atoms with Crippen molar-refractivity contribution in [3.8, 4) is 11.5 Å². The fraction of sp³-hybridized carbons (Fsp3) is 0.231. The lowest BCUT2D eigenvalue weighted by Gasteiger charge is -2.20. The first-order valence-corrected chi connectivity index (χ1v) is 5.60. The van der Waals surface area contributed by atoms with E-state index in [9.17, 15) is 14.7 Å². The van der Waals surface area contributed by atoms with Crippen molar-refractivity contribution < 1.29 is 14.6 Å². The Morgan fingerprint density at radius 1 is 1.39 bits per heavy atom. The van der Waals surface area contributed by atoms with Crippen molar-refractivity contribution in [1.82, 2.24) is 4.57 Å². The lowest BCUT2D eigenvalue weighted by Crippen LogP contribution is -2.19. The highest BCUT2D eigenvalue weighted by Gasteiger charge is 2.25. The van der Waals surface area contributed by atoms with E-state index >= 15 is 0 Å². The third-order valence-electron chi connectivity index (χ3n) is 3.27. The zero-order valence-electron chi connectivity index (χ0n) is 9.77. The Bertz CT molecular complexity index is 730. The van der Waals surface area contributed by atoms with E-state index in [1.165, 1.54) is 19.2 Å². The fourth-order valence-electron chi connectivity index (χ4n) is 2.40. The quantitative estimate of drug-likeness (QED) is 0.822. The Morgan fingerprint density at radius 2 is 2.17 bits per heavy atom. The summed E-state index contributed by atoms with van der Waals surface area (Å²) in [5.74, 6) is -0.196. The molecular formula is C13H11NO4. The van der Waals surface area contributed by atoms with Crippen LogP contribution in [0.3, 0.4) is 0 Å². The maximum atomic E-state index is 11.9. The molecular weight excluding hydrogens is 234 g/mol.